The molecule has 0 aliphatic heterocycles. The Labute approximate surface area is 67.6 Å². The van der Waals surface area contributed by atoms with Crippen molar-refractivity contribution in [2.45, 2.75) is 0 Å². The molecule has 2 N–H and O–H groups in total. The predicted molar refractivity (Wildman–Crippen MR) is 41.3 cm³/mol. The van der Waals surface area contributed by atoms with E-state index in [9.17, 15) is 4.79 Å². The molecule has 59 valence electrons. The number of hydrogen-bond acceptors (Lipinski definition) is 3. The molecule has 0 fully saturated rings. The number of imidazole rings is 1. The first kappa shape index (κ1) is 6.78. The summed E-state index contributed by atoms with van der Waals surface area (Å²) in [5.74, 6) is -0.792. The molecule has 0 unspecified atom stereocenters. The number of amides is 1. The molecule has 1 radical (unpaired) electrons. The van der Waals surface area contributed by atoms with E-state index in [2.05, 4.69) is 15.0 Å². The number of nitrogens with one attached hydrogen (secondary N) is 2. The average molecular weight is 161 g/mol. The van der Waals surface area contributed by atoms with Gasteiger partial charge in [0, 0.05) is 0 Å². The van der Waals surface area contributed by atoms with Crippen molar-refractivity contribution in [3.05, 3.63) is 24.2 Å². The van der Waals surface area contributed by atoms with Gasteiger partial charge in [-0.05, 0) is 12.1 Å². The molecular formula is C7H5N4O. The van der Waals surface area contributed by atoms with Crippen LogP contribution in [0.15, 0.2) is 18.5 Å². The van der Waals surface area contributed by atoms with Gasteiger partial charge in [-0.3, -0.25) is 10.5 Å². The van der Waals surface area contributed by atoms with Gasteiger partial charge in [0.15, 0.2) is 5.65 Å². The zero-order chi connectivity index (χ0) is 8.55. The maximum Gasteiger partial charge on any atom is 0.288 e. The van der Waals surface area contributed by atoms with Gasteiger partial charge in [0.05, 0.1) is 11.8 Å². The van der Waals surface area contributed by atoms with E-state index in [0.29, 0.717) is 5.65 Å². The van der Waals surface area contributed by atoms with Gasteiger partial charge in [0.1, 0.15) is 5.69 Å². The van der Waals surface area contributed by atoms with Crippen LogP contribution < -0.4 is 5.73 Å². The summed E-state index contributed by atoms with van der Waals surface area (Å²) in [6, 6.07) is 3.17. The smallest absolute Gasteiger partial charge is 0.288 e. The fraction of sp³-hybridized carbons (Fsp3) is 0. The Morgan fingerprint density at radius 1 is 1.50 bits per heavy atom. The number of carbonyl (C=O) groups excluding carboxylic acids is 1. The monoisotopic (exact) mass is 161 g/mol. The van der Waals surface area contributed by atoms with Gasteiger partial charge in [-0.1, -0.05) is 0 Å². The van der Waals surface area contributed by atoms with Gasteiger partial charge in [-0.15, -0.1) is 0 Å². The van der Waals surface area contributed by atoms with E-state index in [1.54, 1.807) is 6.07 Å². The third kappa shape index (κ3) is 0.914. The molecule has 2 aromatic rings. The molecule has 0 aliphatic rings. The Hall–Kier alpha value is -1.91. The normalized spacial score (nSPS) is 10.3. The van der Waals surface area contributed by atoms with Crippen LogP contribution in [-0.4, -0.2) is 20.9 Å². The van der Waals surface area contributed by atoms with Crippen molar-refractivity contribution in [2.75, 3.05) is 0 Å². The molecule has 1 amide bonds. The number of H-pyrrole nitrogens is 1. The van der Waals surface area contributed by atoms with Crippen molar-refractivity contribution < 1.29 is 4.79 Å². The van der Waals surface area contributed by atoms with Crippen LogP contribution in [0.4, 0.5) is 0 Å². The summed E-state index contributed by atoms with van der Waals surface area (Å²) in [6.45, 7) is 0. The largest absolute Gasteiger partial charge is 0.343 e. The van der Waals surface area contributed by atoms with Crippen LogP contribution in [0.5, 0.6) is 0 Å². The summed E-state index contributed by atoms with van der Waals surface area (Å²) >= 11 is 0. The molecule has 5 nitrogen and oxygen atoms in total. The lowest BCUT2D eigenvalue weighted by Gasteiger charge is -1.91. The number of rotatable bonds is 1. The Morgan fingerprint density at radius 2 is 2.33 bits per heavy atom. The van der Waals surface area contributed by atoms with E-state index >= 15 is 0 Å². The minimum atomic E-state index is -0.792. The molecule has 2 rings (SSSR count). The number of aromatic amines is 1. The van der Waals surface area contributed by atoms with Gasteiger partial charge >= 0.3 is 0 Å². The van der Waals surface area contributed by atoms with Crippen molar-refractivity contribution in [2.24, 2.45) is 0 Å². The summed E-state index contributed by atoms with van der Waals surface area (Å²) in [5, 5.41) is 0. The Balaban J connectivity index is 2.68. The molecular weight excluding hydrogens is 156 g/mol. The lowest BCUT2D eigenvalue weighted by molar-refractivity contribution is 0.0987. The molecule has 12 heavy (non-hydrogen) atoms. The molecule has 0 bridgehead atoms. The molecule has 0 aromatic carbocycles. The van der Waals surface area contributed by atoms with Crippen LogP contribution in [0.3, 0.4) is 0 Å². The molecule has 0 atom stereocenters. The Morgan fingerprint density at radius 3 is 3.08 bits per heavy atom. The Kier molecular flexibility index (Phi) is 1.30. The fourth-order valence-corrected chi connectivity index (χ4v) is 0.949. The van der Waals surface area contributed by atoms with E-state index in [1.165, 1.54) is 12.4 Å². The third-order valence-electron chi connectivity index (χ3n) is 1.51. The lowest BCUT2D eigenvalue weighted by atomic mass is 10.3. The zero-order valence-corrected chi connectivity index (χ0v) is 6.03. The fourth-order valence-electron chi connectivity index (χ4n) is 0.949. The average Bonchev–Trinajstić information content (AvgIpc) is 2.49. The lowest BCUT2D eigenvalue weighted by Crippen LogP contribution is -2.01. The van der Waals surface area contributed by atoms with E-state index in [4.69, 9.17) is 5.73 Å². The highest BCUT2D eigenvalue weighted by Gasteiger charge is 2.04. The van der Waals surface area contributed by atoms with Crippen LogP contribution in [0.2, 0.25) is 0 Å². The van der Waals surface area contributed by atoms with E-state index < -0.39 is 5.91 Å². The van der Waals surface area contributed by atoms with Crippen LogP contribution in [0.25, 0.3) is 11.2 Å². The second-order valence-electron chi connectivity index (χ2n) is 2.30. The highest BCUT2D eigenvalue weighted by molar-refractivity contribution is 5.92. The van der Waals surface area contributed by atoms with Gasteiger partial charge in [-0.2, -0.15) is 0 Å². The summed E-state index contributed by atoms with van der Waals surface area (Å²) in [4.78, 5) is 21.1. The maximum atomic E-state index is 10.6. The molecule has 2 heterocycles. The van der Waals surface area contributed by atoms with Gasteiger partial charge in [0.2, 0.25) is 0 Å². The molecule has 5 heteroatoms. The van der Waals surface area contributed by atoms with Gasteiger partial charge in [-0.25, -0.2) is 9.97 Å². The highest BCUT2D eigenvalue weighted by atomic mass is 16.1. The molecule has 0 saturated carbocycles. The van der Waals surface area contributed by atoms with Crippen molar-refractivity contribution in [1.82, 2.24) is 20.7 Å². The number of pyridine rings is 1. The SMILES string of the molecule is [NH]C(=O)c1ccc2[nH]cnc2n1. The number of aromatic nitrogens is 3. The van der Waals surface area contributed by atoms with Gasteiger partial charge < -0.3 is 4.98 Å². The summed E-state index contributed by atoms with van der Waals surface area (Å²) in [7, 11) is 0. The van der Waals surface area contributed by atoms with E-state index in [1.807, 2.05) is 0 Å². The minimum Gasteiger partial charge on any atom is -0.343 e. The van der Waals surface area contributed by atoms with E-state index in [0.717, 1.165) is 5.52 Å². The van der Waals surface area contributed by atoms with E-state index in [-0.39, 0.29) is 5.69 Å². The number of nitrogens with zero attached hydrogens (tertiary/aromatic N) is 2. The first-order valence-corrected chi connectivity index (χ1v) is 3.33. The standard InChI is InChI=1S/C7H5N4O/c8-6(12)4-1-2-5-7(11-4)10-3-9-5/h1-3,8H,(H,9,10,11). The summed E-state index contributed by atoms with van der Waals surface area (Å²) in [5.41, 5.74) is 8.16. The van der Waals surface area contributed by atoms with Crippen molar-refractivity contribution in [3.63, 3.8) is 0 Å². The second kappa shape index (κ2) is 2.30. The highest BCUT2D eigenvalue weighted by Crippen LogP contribution is 2.06. The number of carbonyl (C=O) groups is 1. The molecule has 0 spiro atoms. The van der Waals surface area contributed by atoms with Crippen LogP contribution >= 0.6 is 0 Å². The first-order valence-electron chi connectivity index (χ1n) is 3.33. The quantitative estimate of drug-likeness (QED) is 0.656. The summed E-state index contributed by atoms with van der Waals surface area (Å²) in [6.07, 6.45) is 1.50. The van der Waals surface area contributed by atoms with Crippen LogP contribution in [-0.2, 0) is 0 Å². The maximum absolute atomic E-state index is 10.6. The summed E-state index contributed by atoms with van der Waals surface area (Å²) < 4.78 is 0. The van der Waals surface area contributed by atoms with Crippen molar-refractivity contribution in [3.8, 4) is 0 Å². The minimum absolute atomic E-state index is 0.120. The van der Waals surface area contributed by atoms with Crippen LogP contribution in [0.1, 0.15) is 10.5 Å². The molecule has 0 saturated heterocycles. The van der Waals surface area contributed by atoms with Crippen LogP contribution in [0, 0.1) is 0 Å². The third-order valence-corrected chi connectivity index (χ3v) is 1.51. The van der Waals surface area contributed by atoms with Crippen molar-refractivity contribution >= 4 is 17.1 Å². The number of fused-ring (bicyclic) bond motifs is 1. The molecule has 0 aliphatic carbocycles. The second-order valence-corrected chi connectivity index (χ2v) is 2.30. The zero-order valence-electron chi connectivity index (χ0n) is 6.03. The topological polar surface area (TPSA) is 82.4 Å². The van der Waals surface area contributed by atoms with Gasteiger partial charge in [0.25, 0.3) is 5.91 Å². The first-order chi connectivity index (χ1) is 5.77. The van der Waals surface area contributed by atoms with Crippen molar-refractivity contribution in [1.29, 1.82) is 0 Å². The predicted octanol–water partition coefficient (Wildman–Crippen LogP) is 0.381. The molecule has 2 aromatic heterocycles. The number of hydrogen-bond donors (Lipinski definition) is 1. The Bertz CT molecular complexity index is 434.